The number of alkyl halides is 3. The second kappa shape index (κ2) is 6.80. The van der Waals surface area contributed by atoms with Gasteiger partial charge in [0.2, 0.25) is 0 Å². The van der Waals surface area contributed by atoms with Crippen LogP contribution in [0.25, 0.3) is 0 Å². The summed E-state index contributed by atoms with van der Waals surface area (Å²) < 4.78 is 62.4. The van der Waals surface area contributed by atoms with Crippen molar-refractivity contribution in [1.29, 1.82) is 0 Å². The van der Waals surface area contributed by atoms with Gasteiger partial charge in [0.1, 0.15) is 6.54 Å². The van der Waals surface area contributed by atoms with Crippen LogP contribution in [0.15, 0.2) is 0 Å². The molecule has 0 aromatic carbocycles. The lowest BCUT2D eigenvalue weighted by molar-refractivity contribution is -0.121. The molecule has 1 heterocycles. The second-order valence-electron chi connectivity index (χ2n) is 6.41. The van der Waals surface area contributed by atoms with Crippen molar-refractivity contribution in [2.24, 2.45) is 5.92 Å². The van der Waals surface area contributed by atoms with E-state index in [-0.39, 0.29) is 18.6 Å². The summed E-state index contributed by atoms with van der Waals surface area (Å²) in [6, 6.07) is 0. The molecule has 0 bridgehead atoms. The van der Waals surface area contributed by atoms with E-state index in [1.807, 2.05) is 20.8 Å². The maximum Gasteiger partial charge on any atom is 0.402 e. The summed E-state index contributed by atoms with van der Waals surface area (Å²) in [4.78, 5) is 0. The largest absolute Gasteiger partial charge is 0.402 e. The third kappa shape index (κ3) is 7.44. The molecule has 5 nitrogen and oxygen atoms in total. The minimum atomic E-state index is -4.54. The Morgan fingerprint density at radius 1 is 1.14 bits per heavy atom. The first-order valence-corrected chi connectivity index (χ1v) is 8.39. The highest BCUT2D eigenvalue weighted by Gasteiger charge is 2.33. The van der Waals surface area contributed by atoms with E-state index >= 15 is 0 Å². The fourth-order valence-electron chi connectivity index (χ4n) is 2.07. The van der Waals surface area contributed by atoms with Crippen LogP contribution in [0.3, 0.4) is 0 Å². The molecule has 0 atom stereocenters. The molecule has 0 amide bonds. The number of hydrogen-bond donors (Lipinski definition) is 2. The highest BCUT2D eigenvalue weighted by Crippen LogP contribution is 2.20. The molecule has 0 saturated carbocycles. The van der Waals surface area contributed by atoms with Crippen LogP contribution in [-0.2, 0) is 10.2 Å². The first kappa shape index (κ1) is 18.7. The molecule has 0 aromatic rings. The average molecular weight is 331 g/mol. The van der Waals surface area contributed by atoms with Crippen molar-refractivity contribution in [1.82, 2.24) is 14.3 Å². The Bertz CT molecular complexity index is 424. The van der Waals surface area contributed by atoms with Crippen LogP contribution >= 0.6 is 0 Å². The quantitative estimate of drug-likeness (QED) is 0.802. The van der Waals surface area contributed by atoms with Gasteiger partial charge in [-0.1, -0.05) is 0 Å². The van der Waals surface area contributed by atoms with E-state index in [4.69, 9.17) is 0 Å². The summed E-state index contributed by atoms with van der Waals surface area (Å²) in [5, 5.41) is 3.36. The van der Waals surface area contributed by atoms with Crippen molar-refractivity contribution in [3.63, 3.8) is 0 Å². The zero-order valence-electron chi connectivity index (χ0n) is 12.6. The van der Waals surface area contributed by atoms with E-state index in [1.165, 1.54) is 0 Å². The molecular weight excluding hydrogens is 307 g/mol. The molecule has 0 unspecified atom stereocenters. The maximum atomic E-state index is 12.1. The standard InChI is InChI=1S/C12H24F3N3O2S/c1-11(2,3)16-8-10-4-6-18(7-5-10)21(19,20)17-9-12(13,14)15/h10,16-17H,4-9H2,1-3H3. The number of piperidine rings is 1. The van der Waals surface area contributed by atoms with Crippen LogP contribution in [0.1, 0.15) is 33.6 Å². The van der Waals surface area contributed by atoms with Gasteiger partial charge in [-0.25, -0.2) is 0 Å². The Hall–Kier alpha value is -0.380. The van der Waals surface area contributed by atoms with Gasteiger partial charge in [0.05, 0.1) is 0 Å². The second-order valence-corrected chi connectivity index (χ2v) is 8.17. The normalized spacial score (nSPS) is 19.9. The molecule has 1 saturated heterocycles. The molecule has 1 fully saturated rings. The van der Waals surface area contributed by atoms with Crippen molar-refractivity contribution in [3.05, 3.63) is 0 Å². The first-order chi connectivity index (χ1) is 9.39. The molecule has 9 heteroatoms. The van der Waals surface area contributed by atoms with Gasteiger partial charge in [-0.2, -0.15) is 30.6 Å². The smallest absolute Gasteiger partial charge is 0.312 e. The fraction of sp³-hybridized carbons (Fsp3) is 1.00. The van der Waals surface area contributed by atoms with E-state index < -0.39 is 22.9 Å². The molecule has 2 N–H and O–H groups in total. The summed E-state index contributed by atoms with van der Waals surface area (Å²) in [5.41, 5.74) is -0.00251. The molecule has 126 valence electrons. The fourth-order valence-corrected chi connectivity index (χ4v) is 3.29. The zero-order valence-corrected chi connectivity index (χ0v) is 13.4. The van der Waals surface area contributed by atoms with Gasteiger partial charge in [0.25, 0.3) is 10.2 Å². The molecule has 0 spiro atoms. The predicted molar refractivity (Wildman–Crippen MR) is 75.0 cm³/mol. The van der Waals surface area contributed by atoms with Gasteiger partial charge in [0.15, 0.2) is 0 Å². The van der Waals surface area contributed by atoms with Gasteiger partial charge in [0, 0.05) is 18.6 Å². The molecule has 21 heavy (non-hydrogen) atoms. The lowest BCUT2D eigenvalue weighted by Gasteiger charge is -2.33. The van der Waals surface area contributed by atoms with Crippen LogP contribution in [-0.4, -0.2) is 50.6 Å². The van der Waals surface area contributed by atoms with Gasteiger partial charge in [-0.05, 0) is 46.1 Å². The van der Waals surface area contributed by atoms with Crippen LogP contribution in [0, 0.1) is 5.92 Å². The minimum Gasteiger partial charge on any atom is -0.312 e. The number of rotatable bonds is 5. The highest BCUT2D eigenvalue weighted by atomic mass is 32.2. The molecule has 0 aromatic heterocycles. The Balaban J connectivity index is 2.41. The SMILES string of the molecule is CC(C)(C)NCC1CCN(S(=O)(=O)NCC(F)(F)F)CC1. The van der Waals surface area contributed by atoms with Gasteiger partial charge in [-0.15, -0.1) is 0 Å². The topological polar surface area (TPSA) is 61.4 Å². The molecular formula is C12H24F3N3O2S. The Labute approximate surface area is 124 Å². The van der Waals surface area contributed by atoms with E-state index in [1.54, 1.807) is 4.72 Å². The number of nitrogens with zero attached hydrogens (tertiary/aromatic N) is 1. The van der Waals surface area contributed by atoms with Crippen molar-refractivity contribution in [2.45, 2.75) is 45.3 Å². The summed E-state index contributed by atoms with van der Waals surface area (Å²) >= 11 is 0. The molecule has 0 aliphatic carbocycles. The number of halogens is 3. The maximum absolute atomic E-state index is 12.1. The zero-order chi connectivity index (χ0) is 16.3. The monoisotopic (exact) mass is 331 g/mol. The van der Waals surface area contributed by atoms with Gasteiger partial charge < -0.3 is 5.32 Å². The Morgan fingerprint density at radius 3 is 2.10 bits per heavy atom. The third-order valence-electron chi connectivity index (χ3n) is 3.29. The van der Waals surface area contributed by atoms with E-state index in [9.17, 15) is 21.6 Å². The molecule has 1 aliphatic rings. The molecule has 1 rings (SSSR count). The van der Waals surface area contributed by atoms with Gasteiger partial charge >= 0.3 is 6.18 Å². The Morgan fingerprint density at radius 2 is 1.67 bits per heavy atom. The summed E-state index contributed by atoms with van der Waals surface area (Å²) in [7, 11) is -4.04. The summed E-state index contributed by atoms with van der Waals surface area (Å²) in [5.74, 6) is 0.346. The van der Waals surface area contributed by atoms with Crippen molar-refractivity contribution >= 4 is 10.2 Å². The van der Waals surface area contributed by atoms with Crippen LogP contribution in [0.5, 0.6) is 0 Å². The van der Waals surface area contributed by atoms with Gasteiger partial charge in [-0.3, -0.25) is 0 Å². The van der Waals surface area contributed by atoms with E-state index in [0.717, 1.165) is 10.8 Å². The molecule has 0 radical (unpaired) electrons. The van der Waals surface area contributed by atoms with Crippen LogP contribution < -0.4 is 10.0 Å². The molecule has 1 aliphatic heterocycles. The summed E-state index contributed by atoms with van der Waals surface area (Å²) in [6.07, 6.45) is -3.24. The third-order valence-corrected chi connectivity index (χ3v) is 4.84. The minimum absolute atomic E-state index is 0.00251. The van der Waals surface area contributed by atoms with Crippen molar-refractivity contribution in [2.75, 3.05) is 26.2 Å². The Kier molecular flexibility index (Phi) is 6.05. The highest BCUT2D eigenvalue weighted by molar-refractivity contribution is 7.87. The van der Waals surface area contributed by atoms with E-state index in [2.05, 4.69) is 5.32 Å². The van der Waals surface area contributed by atoms with Crippen LogP contribution in [0.4, 0.5) is 13.2 Å². The average Bonchev–Trinajstić information content (AvgIpc) is 2.33. The van der Waals surface area contributed by atoms with Crippen molar-refractivity contribution in [3.8, 4) is 0 Å². The number of hydrogen-bond acceptors (Lipinski definition) is 3. The van der Waals surface area contributed by atoms with E-state index in [0.29, 0.717) is 18.8 Å². The number of nitrogens with one attached hydrogen (secondary N) is 2. The first-order valence-electron chi connectivity index (χ1n) is 6.95. The lowest BCUT2D eigenvalue weighted by atomic mass is 9.97. The van der Waals surface area contributed by atoms with Crippen LogP contribution in [0.2, 0.25) is 0 Å². The summed E-state index contributed by atoms with van der Waals surface area (Å²) in [6.45, 7) is 5.91. The lowest BCUT2D eigenvalue weighted by Crippen LogP contribution is -2.49. The van der Waals surface area contributed by atoms with Crippen molar-refractivity contribution < 1.29 is 21.6 Å². The predicted octanol–water partition coefficient (Wildman–Crippen LogP) is 1.48.